The van der Waals surface area contributed by atoms with Gasteiger partial charge in [-0.25, -0.2) is 8.42 Å². The summed E-state index contributed by atoms with van der Waals surface area (Å²) in [7, 11) is 3.47. The first-order valence-corrected chi connectivity index (χ1v) is 17.8. The molecule has 0 bridgehead atoms. The number of rotatable bonds is 14. The highest BCUT2D eigenvalue weighted by Crippen LogP contribution is 2.40. The largest absolute Gasteiger partial charge is 0.497 e. The van der Waals surface area contributed by atoms with E-state index in [1.54, 1.807) is 45.0 Å². The van der Waals surface area contributed by atoms with Crippen molar-refractivity contribution in [1.29, 1.82) is 0 Å². The number of benzene rings is 2. The third-order valence-corrected chi connectivity index (χ3v) is 12.2. The van der Waals surface area contributed by atoms with Crippen molar-refractivity contribution in [2.45, 2.75) is 62.8 Å². The fourth-order valence-electron chi connectivity index (χ4n) is 7.09. The highest BCUT2D eigenvalue weighted by atomic mass is 32.2. The molecule has 1 aliphatic heterocycles. The molecule has 2 aliphatic rings. The average Bonchev–Trinajstić information content (AvgIpc) is 3.03. The van der Waals surface area contributed by atoms with Gasteiger partial charge in [0.25, 0.3) is 0 Å². The van der Waals surface area contributed by atoms with E-state index in [-0.39, 0.29) is 36.1 Å². The molecule has 45 heavy (non-hydrogen) atoms. The minimum Gasteiger partial charge on any atom is -0.497 e. The first-order valence-electron chi connectivity index (χ1n) is 16.4. The quantitative estimate of drug-likeness (QED) is 0.286. The molecule has 0 unspecified atom stereocenters. The topological polar surface area (TPSA) is 82.6 Å². The summed E-state index contributed by atoms with van der Waals surface area (Å²) >= 11 is 0. The van der Waals surface area contributed by atoms with Crippen molar-refractivity contribution >= 4 is 15.9 Å². The number of nitrogens with zero attached hydrogens (tertiary/aromatic N) is 4. The monoisotopic (exact) mass is 642 g/mol. The maximum atomic E-state index is 13.3. The van der Waals surface area contributed by atoms with Gasteiger partial charge in [0.2, 0.25) is 15.9 Å². The van der Waals surface area contributed by atoms with Gasteiger partial charge < -0.3 is 19.3 Å². The second kappa shape index (κ2) is 15.9. The summed E-state index contributed by atoms with van der Waals surface area (Å²) in [5.41, 5.74) is 2.91. The van der Waals surface area contributed by atoms with E-state index >= 15 is 0 Å². The lowest BCUT2D eigenvalue weighted by atomic mass is 9.72. The Hall–Kier alpha value is -2.50. The number of carbonyl (C=O) groups is 1. The minimum absolute atomic E-state index is 0.0555. The van der Waals surface area contributed by atoms with E-state index < -0.39 is 10.0 Å². The fraction of sp³-hybridized carbons (Fsp3) is 0.629. The lowest BCUT2D eigenvalue weighted by Gasteiger charge is -2.51. The predicted octanol–water partition coefficient (Wildman–Crippen LogP) is 4.22. The Morgan fingerprint density at radius 1 is 1.00 bits per heavy atom. The van der Waals surface area contributed by atoms with Crippen LogP contribution in [0.25, 0.3) is 0 Å². The number of aryl methyl sites for hydroxylation is 3. The lowest BCUT2D eigenvalue weighted by molar-refractivity contribution is -0.135. The first kappa shape index (κ1) is 35.4. The molecule has 2 fully saturated rings. The van der Waals surface area contributed by atoms with Crippen molar-refractivity contribution in [3.8, 4) is 5.75 Å². The van der Waals surface area contributed by atoms with Crippen LogP contribution in [0.5, 0.6) is 5.75 Å². The molecule has 250 valence electrons. The molecular weight excluding hydrogens is 588 g/mol. The molecule has 0 radical (unpaired) electrons. The van der Waals surface area contributed by atoms with Gasteiger partial charge in [0.15, 0.2) is 0 Å². The average molecular weight is 643 g/mol. The fourth-order valence-corrected chi connectivity index (χ4v) is 8.65. The van der Waals surface area contributed by atoms with Crippen LogP contribution in [-0.2, 0) is 26.0 Å². The maximum Gasteiger partial charge on any atom is 0.248 e. The van der Waals surface area contributed by atoms with Gasteiger partial charge in [0, 0.05) is 58.9 Å². The Morgan fingerprint density at radius 2 is 1.62 bits per heavy atom. The highest BCUT2D eigenvalue weighted by molar-refractivity contribution is 7.89. The molecular formula is C35H54N4O5S. The lowest BCUT2D eigenvalue weighted by Crippen LogP contribution is -2.58. The summed E-state index contributed by atoms with van der Waals surface area (Å²) in [5, 5.41) is 0. The van der Waals surface area contributed by atoms with Gasteiger partial charge in [-0.1, -0.05) is 30.3 Å². The van der Waals surface area contributed by atoms with Gasteiger partial charge in [0.05, 0.1) is 18.6 Å². The molecule has 9 nitrogen and oxygen atoms in total. The Labute approximate surface area is 271 Å². The van der Waals surface area contributed by atoms with E-state index in [0.29, 0.717) is 22.8 Å². The molecule has 1 heterocycles. The molecule has 2 aromatic carbocycles. The van der Waals surface area contributed by atoms with Gasteiger partial charge in [-0.15, -0.1) is 0 Å². The second-order valence-electron chi connectivity index (χ2n) is 13.2. The standard InChI is InChI=1S/C35H54N4O5S/c1-28-24-32(43-6)25-29(2)34(28)45(41,42)38(5)22-23-44-27-33(40)37(4)26-31-13-16-35(17-14-31,39-20-18-36(3)19-21-39)15-12-30-10-8-7-9-11-30/h7-11,24-25,31H,12-23,26-27H2,1-6H3. The minimum atomic E-state index is -3.71. The number of hydrogen-bond donors (Lipinski definition) is 0. The third kappa shape index (κ3) is 9.07. The molecule has 0 N–H and O–H groups in total. The smallest absolute Gasteiger partial charge is 0.248 e. The number of hydrogen-bond acceptors (Lipinski definition) is 7. The van der Waals surface area contributed by atoms with E-state index in [0.717, 1.165) is 52.0 Å². The molecule has 2 aromatic rings. The number of carbonyl (C=O) groups excluding carboxylic acids is 1. The van der Waals surface area contributed by atoms with Crippen molar-refractivity contribution in [3.05, 3.63) is 59.2 Å². The molecule has 0 spiro atoms. The SMILES string of the molecule is COc1cc(C)c(S(=O)(=O)N(C)CCOCC(=O)N(C)CC2CCC(CCc3ccccc3)(N3CCN(C)CC3)CC2)c(C)c1. The molecule has 1 saturated heterocycles. The van der Waals surface area contributed by atoms with Gasteiger partial charge in [-0.2, -0.15) is 4.31 Å². The van der Waals surface area contributed by atoms with E-state index in [9.17, 15) is 13.2 Å². The Kier molecular flexibility index (Phi) is 12.5. The van der Waals surface area contributed by atoms with E-state index in [1.807, 2.05) is 7.05 Å². The Bertz CT molecular complexity index is 1330. The zero-order chi connectivity index (χ0) is 32.6. The van der Waals surface area contributed by atoms with E-state index in [4.69, 9.17) is 9.47 Å². The van der Waals surface area contributed by atoms with Crippen LogP contribution in [0.3, 0.4) is 0 Å². The number of piperazine rings is 1. The number of amides is 1. The molecule has 1 saturated carbocycles. The van der Waals surface area contributed by atoms with Crippen LogP contribution in [0.1, 0.15) is 48.8 Å². The summed E-state index contributed by atoms with van der Waals surface area (Å²) in [4.78, 5) is 20.2. The van der Waals surface area contributed by atoms with E-state index in [2.05, 4.69) is 47.2 Å². The summed E-state index contributed by atoms with van der Waals surface area (Å²) in [6.45, 7) is 9.00. The number of methoxy groups -OCH3 is 1. The summed E-state index contributed by atoms with van der Waals surface area (Å²) in [6, 6.07) is 14.3. The zero-order valence-electron chi connectivity index (χ0n) is 28.3. The van der Waals surface area contributed by atoms with Crippen LogP contribution in [-0.4, -0.2) is 120 Å². The molecule has 1 amide bonds. The number of sulfonamides is 1. The third-order valence-electron chi connectivity index (χ3n) is 10.0. The normalized spacial score (nSPS) is 21.6. The van der Waals surface area contributed by atoms with Crippen molar-refractivity contribution < 1.29 is 22.7 Å². The second-order valence-corrected chi connectivity index (χ2v) is 15.2. The van der Waals surface area contributed by atoms with Crippen LogP contribution in [0, 0.1) is 19.8 Å². The van der Waals surface area contributed by atoms with Crippen LogP contribution < -0.4 is 4.74 Å². The van der Waals surface area contributed by atoms with Gasteiger partial charge in [-0.3, -0.25) is 9.69 Å². The summed E-state index contributed by atoms with van der Waals surface area (Å²) in [5.74, 6) is 1.04. The van der Waals surface area contributed by atoms with Crippen molar-refractivity contribution in [2.75, 3.05) is 80.7 Å². The highest BCUT2D eigenvalue weighted by Gasteiger charge is 2.41. The van der Waals surface area contributed by atoms with Crippen LogP contribution in [0.15, 0.2) is 47.4 Å². The van der Waals surface area contributed by atoms with Gasteiger partial charge in [0.1, 0.15) is 12.4 Å². The summed E-state index contributed by atoms with van der Waals surface area (Å²) < 4.78 is 38.7. The molecule has 4 rings (SSSR count). The van der Waals surface area contributed by atoms with Crippen LogP contribution in [0.4, 0.5) is 0 Å². The van der Waals surface area contributed by atoms with Crippen LogP contribution in [0.2, 0.25) is 0 Å². The molecule has 0 atom stereocenters. The predicted molar refractivity (Wildman–Crippen MR) is 179 cm³/mol. The Balaban J connectivity index is 1.24. The maximum absolute atomic E-state index is 13.3. The Morgan fingerprint density at radius 3 is 2.22 bits per heavy atom. The number of ether oxygens (including phenoxy) is 2. The summed E-state index contributed by atoms with van der Waals surface area (Å²) in [6.07, 6.45) is 6.85. The number of likely N-dealkylation sites (N-methyl/N-ethyl adjacent to an activating group) is 3. The van der Waals surface area contributed by atoms with Crippen molar-refractivity contribution in [1.82, 2.24) is 19.0 Å². The van der Waals surface area contributed by atoms with E-state index in [1.165, 1.54) is 29.1 Å². The van der Waals surface area contributed by atoms with Gasteiger partial charge in [-0.05, 0) is 94.2 Å². The molecule has 1 aliphatic carbocycles. The van der Waals surface area contributed by atoms with Gasteiger partial charge >= 0.3 is 0 Å². The van der Waals surface area contributed by atoms with Crippen molar-refractivity contribution in [2.24, 2.45) is 5.92 Å². The molecule has 10 heteroatoms. The van der Waals surface area contributed by atoms with Crippen molar-refractivity contribution in [3.63, 3.8) is 0 Å². The zero-order valence-corrected chi connectivity index (χ0v) is 29.1. The first-order chi connectivity index (χ1) is 21.4. The molecule has 0 aromatic heterocycles. The van der Waals surface area contributed by atoms with Crippen LogP contribution >= 0.6 is 0 Å².